The van der Waals surface area contributed by atoms with Crippen LogP contribution in [0.4, 0.5) is 14.5 Å². The molecular formula is C21H34F2IN5O. The van der Waals surface area contributed by atoms with Gasteiger partial charge in [0.2, 0.25) is 0 Å². The van der Waals surface area contributed by atoms with E-state index in [0.717, 1.165) is 38.6 Å². The summed E-state index contributed by atoms with van der Waals surface area (Å²) in [6, 6.07) is 4.78. The topological polar surface area (TPSA) is 52.1 Å². The molecule has 0 bridgehead atoms. The summed E-state index contributed by atoms with van der Waals surface area (Å²) in [5.74, 6) is -0.263. The Morgan fingerprint density at radius 1 is 1.23 bits per heavy atom. The minimum Gasteiger partial charge on any atom is -0.383 e. The van der Waals surface area contributed by atoms with Crippen molar-refractivity contribution in [3.05, 3.63) is 29.8 Å². The number of methoxy groups -OCH3 is 1. The molecule has 2 aliphatic rings. The van der Waals surface area contributed by atoms with Gasteiger partial charge < -0.3 is 20.3 Å². The molecule has 1 aromatic carbocycles. The molecule has 2 fully saturated rings. The normalized spacial score (nSPS) is 19.2. The standard InChI is InChI=1S/C21H33F2N5O.HI/c1-3-24-21(25-10-12-27(13-14-29-2)17-7-8-17)26-16-9-11-28(15-16)20-18(22)5-4-6-19(20)23;/h4-6,16-17H,3,7-15H2,1-2H3,(H2,24,25,26);1H. The molecule has 1 heterocycles. The Kier molecular flexibility index (Phi) is 10.5. The van der Waals surface area contributed by atoms with Crippen LogP contribution in [0.1, 0.15) is 26.2 Å². The average molecular weight is 537 g/mol. The zero-order valence-electron chi connectivity index (χ0n) is 17.9. The van der Waals surface area contributed by atoms with Gasteiger partial charge in [0.05, 0.1) is 13.2 Å². The van der Waals surface area contributed by atoms with Crippen molar-refractivity contribution in [2.45, 2.75) is 38.3 Å². The molecule has 3 rings (SSSR count). The van der Waals surface area contributed by atoms with E-state index in [-0.39, 0.29) is 35.7 Å². The van der Waals surface area contributed by atoms with Crippen LogP contribution in [0.15, 0.2) is 23.2 Å². The number of nitrogens with one attached hydrogen (secondary N) is 2. The molecular weight excluding hydrogens is 503 g/mol. The van der Waals surface area contributed by atoms with E-state index in [0.29, 0.717) is 25.7 Å². The van der Waals surface area contributed by atoms with Crippen molar-refractivity contribution in [2.24, 2.45) is 4.99 Å². The molecule has 1 aliphatic heterocycles. The first kappa shape index (κ1) is 25.1. The second kappa shape index (κ2) is 12.6. The van der Waals surface area contributed by atoms with Gasteiger partial charge in [-0.25, -0.2) is 8.78 Å². The number of benzene rings is 1. The van der Waals surface area contributed by atoms with Crippen molar-refractivity contribution in [3.8, 4) is 0 Å². The monoisotopic (exact) mass is 537 g/mol. The third kappa shape index (κ3) is 7.19. The summed E-state index contributed by atoms with van der Waals surface area (Å²) in [5, 5.41) is 6.70. The number of halogens is 3. The lowest BCUT2D eigenvalue weighted by atomic mass is 10.2. The van der Waals surface area contributed by atoms with Gasteiger partial charge in [-0.1, -0.05) is 6.07 Å². The zero-order chi connectivity index (χ0) is 20.6. The lowest BCUT2D eigenvalue weighted by Gasteiger charge is -2.22. The first-order valence-corrected chi connectivity index (χ1v) is 10.6. The molecule has 0 spiro atoms. The quantitative estimate of drug-likeness (QED) is 0.273. The van der Waals surface area contributed by atoms with Crippen LogP contribution in [0.5, 0.6) is 0 Å². The van der Waals surface area contributed by atoms with Gasteiger partial charge in [-0.05, 0) is 38.3 Å². The highest BCUT2D eigenvalue weighted by Gasteiger charge is 2.29. The number of aliphatic imine (C=N–C) groups is 1. The van der Waals surface area contributed by atoms with E-state index in [1.54, 1.807) is 12.0 Å². The van der Waals surface area contributed by atoms with E-state index in [2.05, 4.69) is 15.5 Å². The van der Waals surface area contributed by atoms with Crippen LogP contribution in [0.25, 0.3) is 0 Å². The van der Waals surface area contributed by atoms with Gasteiger partial charge in [0.25, 0.3) is 0 Å². The molecule has 1 unspecified atom stereocenters. The van der Waals surface area contributed by atoms with E-state index in [4.69, 9.17) is 9.73 Å². The van der Waals surface area contributed by atoms with Gasteiger partial charge in [0, 0.05) is 51.9 Å². The van der Waals surface area contributed by atoms with Crippen molar-refractivity contribution in [1.29, 1.82) is 0 Å². The van der Waals surface area contributed by atoms with Gasteiger partial charge in [-0.3, -0.25) is 9.89 Å². The number of rotatable bonds is 10. The van der Waals surface area contributed by atoms with E-state index in [9.17, 15) is 8.78 Å². The molecule has 1 aliphatic carbocycles. The SMILES string of the molecule is CCNC(=NCCN(CCOC)C1CC1)NC1CCN(c2c(F)cccc2F)C1.I. The highest BCUT2D eigenvalue weighted by molar-refractivity contribution is 14.0. The number of ether oxygens (including phenoxy) is 1. The van der Waals surface area contributed by atoms with E-state index >= 15 is 0 Å². The lowest BCUT2D eigenvalue weighted by Crippen LogP contribution is -2.45. The third-order valence-corrected chi connectivity index (χ3v) is 5.43. The van der Waals surface area contributed by atoms with Crippen molar-refractivity contribution in [1.82, 2.24) is 15.5 Å². The maximum Gasteiger partial charge on any atom is 0.191 e. The van der Waals surface area contributed by atoms with Crippen LogP contribution in [0.3, 0.4) is 0 Å². The number of hydrogen-bond acceptors (Lipinski definition) is 4. The van der Waals surface area contributed by atoms with Crippen LogP contribution < -0.4 is 15.5 Å². The van der Waals surface area contributed by atoms with Crippen molar-refractivity contribution < 1.29 is 13.5 Å². The molecule has 6 nitrogen and oxygen atoms in total. The largest absolute Gasteiger partial charge is 0.383 e. The molecule has 1 saturated heterocycles. The fourth-order valence-corrected chi connectivity index (χ4v) is 3.80. The predicted molar refractivity (Wildman–Crippen MR) is 128 cm³/mol. The third-order valence-electron chi connectivity index (χ3n) is 5.43. The number of hydrogen-bond donors (Lipinski definition) is 2. The summed E-state index contributed by atoms with van der Waals surface area (Å²) >= 11 is 0. The Balaban J connectivity index is 0.00000320. The van der Waals surface area contributed by atoms with Crippen LogP contribution >= 0.6 is 24.0 Å². The van der Waals surface area contributed by atoms with Gasteiger partial charge in [0.15, 0.2) is 5.96 Å². The van der Waals surface area contributed by atoms with E-state index in [1.165, 1.54) is 31.0 Å². The summed E-state index contributed by atoms with van der Waals surface area (Å²) in [7, 11) is 1.73. The summed E-state index contributed by atoms with van der Waals surface area (Å²) in [5.41, 5.74) is 0.0666. The predicted octanol–water partition coefficient (Wildman–Crippen LogP) is 2.83. The molecule has 1 atom stereocenters. The number of guanidine groups is 1. The van der Waals surface area contributed by atoms with E-state index < -0.39 is 11.6 Å². The minimum absolute atomic E-state index is 0. The molecule has 9 heteroatoms. The van der Waals surface area contributed by atoms with Crippen LogP contribution in [0, 0.1) is 11.6 Å². The van der Waals surface area contributed by atoms with Crippen molar-refractivity contribution >= 4 is 35.6 Å². The Labute approximate surface area is 195 Å². The molecule has 1 aromatic rings. The molecule has 0 aromatic heterocycles. The summed E-state index contributed by atoms with van der Waals surface area (Å²) in [6.45, 7) is 7.24. The second-order valence-corrected chi connectivity index (χ2v) is 7.67. The number of nitrogens with zero attached hydrogens (tertiary/aromatic N) is 3. The van der Waals surface area contributed by atoms with Gasteiger partial charge >= 0.3 is 0 Å². The zero-order valence-corrected chi connectivity index (χ0v) is 20.2. The van der Waals surface area contributed by atoms with Crippen LogP contribution in [0.2, 0.25) is 0 Å². The Bertz CT molecular complexity index is 669. The molecule has 1 saturated carbocycles. The maximum absolute atomic E-state index is 14.1. The Morgan fingerprint density at radius 2 is 1.97 bits per heavy atom. The first-order valence-electron chi connectivity index (χ1n) is 10.6. The fourth-order valence-electron chi connectivity index (χ4n) is 3.80. The first-order chi connectivity index (χ1) is 14.1. The molecule has 0 amide bonds. The van der Waals surface area contributed by atoms with Gasteiger partial charge in [0.1, 0.15) is 17.3 Å². The highest BCUT2D eigenvalue weighted by atomic mass is 127. The average Bonchev–Trinajstić information content (AvgIpc) is 3.44. The summed E-state index contributed by atoms with van der Waals surface area (Å²) < 4.78 is 33.3. The Morgan fingerprint density at radius 3 is 2.60 bits per heavy atom. The van der Waals surface area contributed by atoms with E-state index in [1.807, 2.05) is 6.92 Å². The highest BCUT2D eigenvalue weighted by Crippen LogP contribution is 2.27. The molecule has 0 radical (unpaired) electrons. The van der Waals surface area contributed by atoms with Crippen molar-refractivity contribution in [2.75, 3.05) is 57.9 Å². The van der Waals surface area contributed by atoms with Gasteiger partial charge in [-0.2, -0.15) is 0 Å². The molecule has 170 valence electrons. The summed E-state index contributed by atoms with van der Waals surface area (Å²) in [4.78, 5) is 8.92. The lowest BCUT2D eigenvalue weighted by molar-refractivity contribution is 0.145. The van der Waals surface area contributed by atoms with Gasteiger partial charge in [-0.15, -0.1) is 24.0 Å². The summed E-state index contributed by atoms with van der Waals surface area (Å²) in [6.07, 6.45) is 3.33. The maximum atomic E-state index is 14.1. The molecule has 2 N–H and O–H groups in total. The van der Waals surface area contributed by atoms with Crippen molar-refractivity contribution in [3.63, 3.8) is 0 Å². The fraction of sp³-hybridized carbons (Fsp3) is 0.667. The minimum atomic E-state index is -0.512. The number of anilines is 1. The Hall–Kier alpha value is -1.20. The van der Waals surface area contributed by atoms with Crippen LogP contribution in [-0.2, 0) is 4.74 Å². The number of para-hydroxylation sites is 1. The van der Waals surface area contributed by atoms with Crippen LogP contribution in [-0.4, -0.2) is 75.9 Å². The smallest absolute Gasteiger partial charge is 0.191 e. The second-order valence-electron chi connectivity index (χ2n) is 7.67. The molecule has 30 heavy (non-hydrogen) atoms.